The van der Waals surface area contributed by atoms with Crippen LogP contribution >= 0.6 is 0 Å². The Labute approximate surface area is 102 Å². The summed E-state index contributed by atoms with van der Waals surface area (Å²) in [5.41, 5.74) is 2.17. The van der Waals surface area contributed by atoms with Crippen molar-refractivity contribution in [2.24, 2.45) is 5.92 Å². The lowest BCUT2D eigenvalue weighted by Crippen LogP contribution is -2.35. The monoisotopic (exact) mass is 233 g/mol. The number of hydrogen-bond acceptors (Lipinski definition) is 2. The topological polar surface area (TPSA) is 29.5 Å². The second kappa shape index (κ2) is 5.32. The van der Waals surface area contributed by atoms with Gasteiger partial charge in [-0.25, -0.2) is 0 Å². The lowest BCUT2D eigenvalue weighted by Gasteiger charge is -2.26. The molecule has 1 saturated heterocycles. The molecule has 0 spiro atoms. The van der Waals surface area contributed by atoms with Gasteiger partial charge in [-0.15, -0.1) is 0 Å². The normalized spacial score (nSPS) is 16.8. The molecule has 0 aromatic heterocycles. The summed E-state index contributed by atoms with van der Waals surface area (Å²) in [5.74, 6) is 0.326. The third kappa shape index (κ3) is 2.86. The SMILES string of the molecule is Cc1ccc(N(C)C(=O)C2CCOCC2)cc1. The van der Waals surface area contributed by atoms with Crippen LogP contribution in [-0.2, 0) is 9.53 Å². The molecule has 0 bridgehead atoms. The highest BCUT2D eigenvalue weighted by Gasteiger charge is 2.24. The van der Waals surface area contributed by atoms with Crippen LogP contribution in [0.1, 0.15) is 18.4 Å². The summed E-state index contributed by atoms with van der Waals surface area (Å²) in [5, 5.41) is 0. The Morgan fingerprint density at radius 3 is 2.41 bits per heavy atom. The Morgan fingerprint density at radius 1 is 1.24 bits per heavy atom. The van der Waals surface area contributed by atoms with Gasteiger partial charge in [0.05, 0.1) is 0 Å². The number of carbonyl (C=O) groups excluding carboxylic acids is 1. The summed E-state index contributed by atoms with van der Waals surface area (Å²) in [6.07, 6.45) is 1.68. The standard InChI is InChI=1S/C14H19NO2/c1-11-3-5-13(6-4-11)15(2)14(16)12-7-9-17-10-8-12/h3-6,12H,7-10H2,1-2H3. The Kier molecular flexibility index (Phi) is 3.79. The van der Waals surface area contributed by atoms with Crippen molar-refractivity contribution in [1.29, 1.82) is 0 Å². The van der Waals surface area contributed by atoms with Crippen LogP contribution in [0.2, 0.25) is 0 Å². The van der Waals surface area contributed by atoms with Crippen LogP contribution in [0, 0.1) is 12.8 Å². The Balaban J connectivity index is 2.05. The maximum Gasteiger partial charge on any atom is 0.230 e. The van der Waals surface area contributed by atoms with Gasteiger partial charge in [0.2, 0.25) is 5.91 Å². The molecular weight excluding hydrogens is 214 g/mol. The van der Waals surface area contributed by atoms with E-state index >= 15 is 0 Å². The predicted octanol–water partition coefficient (Wildman–Crippen LogP) is 2.38. The lowest BCUT2D eigenvalue weighted by molar-refractivity contribution is -0.124. The maximum absolute atomic E-state index is 12.3. The zero-order valence-electron chi connectivity index (χ0n) is 10.5. The molecule has 0 N–H and O–H groups in total. The van der Waals surface area contributed by atoms with Gasteiger partial charge in [0.15, 0.2) is 0 Å². The number of nitrogens with zero attached hydrogens (tertiary/aromatic N) is 1. The molecule has 0 radical (unpaired) electrons. The molecule has 3 nitrogen and oxygen atoms in total. The first-order chi connectivity index (χ1) is 8.18. The second-order valence-corrected chi connectivity index (χ2v) is 4.62. The molecule has 0 aliphatic carbocycles. The minimum atomic E-state index is 0.120. The van der Waals surface area contributed by atoms with Crippen LogP contribution < -0.4 is 4.90 Å². The minimum absolute atomic E-state index is 0.120. The molecule has 0 unspecified atom stereocenters. The molecular formula is C14H19NO2. The zero-order chi connectivity index (χ0) is 12.3. The first kappa shape index (κ1) is 12.1. The van der Waals surface area contributed by atoms with Gasteiger partial charge >= 0.3 is 0 Å². The molecule has 0 atom stereocenters. The molecule has 92 valence electrons. The molecule has 1 aromatic rings. The number of ether oxygens (including phenoxy) is 1. The molecule has 1 fully saturated rings. The van der Waals surface area contributed by atoms with Crippen molar-refractivity contribution in [3.63, 3.8) is 0 Å². The smallest absolute Gasteiger partial charge is 0.230 e. The Bertz CT molecular complexity index is 380. The summed E-state index contributed by atoms with van der Waals surface area (Å²) >= 11 is 0. The van der Waals surface area contributed by atoms with E-state index in [0.717, 1.165) is 18.5 Å². The van der Waals surface area contributed by atoms with Gasteiger partial charge < -0.3 is 9.64 Å². The van der Waals surface area contributed by atoms with Crippen LogP contribution in [0.3, 0.4) is 0 Å². The summed E-state index contributed by atoms with van der Waals surface area (Å²) in [6, 6.07) is 8.05. The minimum Gasteiger partial charge on any atom is -0.381 e. The molecule has 2 rings (SSSR count). The average Bonchev–Trinajstić information content (AvgIpc) is 2.39. The number of benzene rings is 1. The van der Waals surface area contributed by atoms with E-state index in [1.54, 1.807) is 4.90 Å². The number of amides is 1. The fraction of sp³-hybridized carbons (Fsp3) is 0.500. The number of aryl methyl sites for hydroxylation is 1. The third-order valence-corrected chi connectivity index (χ3v) is 3.32. The van der Waals surface area contributed by atoms with E-state index in [4.69, 9.17) is 4.74 Å². The summed E-state index contributed by atoms with van der Waals surface area (Å²) in [4.78, 5) is 14.0. The summed E-state index contributed by atoms with van der Waals surface area (Å²) in [7, 11) is 1.85. The van der Waals surface area contributed by atoms with Crippen LogP contribution in [-0.4, -0.2) is 26.2 Å². The molecule has 1 aliphatic rings. The molecule has 17 heavy (non-hydrogen) atoms. The molecule has 1 aromatic carbocycles. The van der Waals surface area contributed by atoms with Crippen molar-refractivity contribution < 1.29 is 9.53 Å². The van der Waals surface area contributed by atoms with Crippen LogP contribution in [0.25, 0.3) is 0 Å². The number of hydrogen-bond donors (Lipinski definition) is 0. The van der Waals surface area contributed by atoms with Crippen molar-refractivity contribution in [1.82, 2.24) is 0 Å². The number of carbonyl (C=O) groups is 1. The average molecular weight is 233 g/mol. The van der Waals surface area contributed by atoms with Crippen LogP contribution in [0.5, 0.6) is 0 Å². The Hall–Kier alpha value is -1.35. The highest BCUT2D eigenvalue weighted by atomic mass is 16.5. The molecule has 3 heteroatoms. The highest BCUT2D eigenvalue weighted by molar-refractivity contribution is 5.94. The number of rotatable bonds is 2. The molecule has 1 aliphatic heterocycles. The van der Waals surface area contributed by atoms with Crippen molar-refractivity contribution >= 4 is 11.6 Å². The largest absolute Gasteiger partial charge is 0.381 e. The van der Waals surface area contributed by atoms with E-state index in [9.17, 15) is 4.79 Å². The second-order valence-electron chi connectivity index (χ2n) is 4.62. The number of anilines is 1. The Morgan fingerprint density at radius 2 is 1.82 bits per heavy atom. The van der Waals surface area contributed by atoms with Crippen molar-refractivity contribution in [3.8, 4) is 0 Å². The quantitative estimate of drug-likeness (QED) is 0.785. The van der Waals surface area contributed by atoms with E-state index < -0.39 is 0 Å². The van der Waals surface area contributed by atoms with Gasteiger partial charge in [-0.1, -0.05) is 17.7 Å². The van der Waals surface area contributed by atoms with Gasteiger partial charge in [-0.3, -0.25) is 4.79 Å². The maximum atomic E-state index is 12.3. The van der Waals surface area contributed by atoms with Gasteiger partial charge in [0, 0.05) is 31.9 Å². The van der Waals surface area contributed by atoms with E-state index in [2.05, 4.69) is 0 Å². The molecule has 0 saturated carbocycles. The fourth-order valence-corrected chi connectivity index (χ4v) is 2.11. The summed E-state index contributed by atoms with van der Waals surface area (Å²) < 4.78 is 5.28. The molecule has 1 amide bonds. The van der Waals surface area contributed by atoms with Gasteiger partial charge in [0.25, 0.3) is 0 Å². The lowest BCUT2D eigenvalue weighted by atomic mass is 9.98. The first-order valence-electron chi connectivity index (χ1n) is 6.10. The van der Waals surface area contributed by atoms with Crippen molar-refractivity contribution in [3.05, 3.63) is 29.8 Å². The van der Waals surface area contributed by atoms with Gasteiger partial charge in [-0.05, 0) is 31.9 Å². The van der Waals surface area contributed by atoms with E-state index in [1.165, 1.54) is 5.56 Å². The fourth-order valence-electron chi connectivity index (χ4n) is 2.11. The van der Waals surface area contributed by atoms with Crippen molar-refractivity contribution in [2.75, 3.05) is 25.2 Å². The zero-order valence-corrected chi connectivity index (χ0v) is 10.5. The first-order valence-corrected chi connectivity index (χ1v) is 6.10. The van der Waals surface area contributed by atoms with Crippen molar-refractivity contribution in [2.45, 2.75) is 19.8 Å². The van der Waals surface area contributed by atoms with Gasteiger partial charge in [0.1, 0.15) is 0 Å². The van der Waals surface area contributed by atoms with Crippen LogP contribution in [0.4, 0.5) is 5.69 Å². The van der Waals surface area contributed by atoms with E-state index in [1.807, 2.05) is 38.2 Å². The van der Waals surface area contributed by atoms with Crippen LogP contribution in [0.15, 0.2) is 24.3 Å². The summed E-state index contributed by atoms with van der Waals surface area (Å²) in [6.45, 7) is 3.46. The predicted molar refractivity (Wildman–Crippen MR) is 68.1 cm³/mol. The van der Waals surface area contributed by atoms with Gasteiger partial charge in [-0.2, -0.15) is 0 Å². The third-order valence-electron chi connectivity index (χ3n) is 3.32. The highest BCUT2D eigenvalue weighted by Crippen LogP contribution is 2.21. The van der Waals surface area contributed by atoms with E-state index in [0.29, 0.717) is 13.2 Å². The molecule has 1 heterocycles. The van der Waals surface area contributed by atoms with E-state index in [-0.39, 0.29) is 11.8 Å².